The van der Waals surface area contributed by atoms with E-state index >= 15 is 0 Å². The van der Waals surface area contributed by atoms with Crippen LogP contribution in [0.15, 0.2) is 0 Å². The molecule has 4 rings (SSSR count). The van der Waals surface area contributed by atoms with E-state index in [-0.39, 0.29) is 0 Å². The maximum atomic E-state index is 12.8. The summed E-state index contributed by atoms with van der Waals surface area (Å²) in [5.74, 6) is -0.275. The van der Waals surface area contributed by atoms with Crippen molar-refractivity contribution in [2.24, 2.45) is 29.6 Å². The molecule has 20 heavy (non-hydrogen) atoms. The molecule has 4 aliphatic rings. The van der Waals surface area contributed by atoms with Crippen LogP contribution in [-0.2, 0) is 4.74 Å². The van der Waals surface area contributed by atoms with Gasteiger partial charge in [0.1, 0.15) is 6.61 Å². The van der Waals surface area contributed by atoms with Crippen LogP contribution >= 0.6 is 0 Å². The van der Waals surface area contributed by atoms with Gasteiger partial charge in [-0.15, -0.1) is 0 Å². The molecule has 0 spiro atoms. The van der Waals surface area contributed by atoms with Gasteiger partial charge in [0.2, 0.25) is 0 Å². The van der Waals surface area contributed by atoms with E-state index in [0.29, 0.717) is 36.2 Å². The normalized spacial score (nSPS) is 47.0. The first kappa shape index (κ1) is 14.7. The van der Waals surface area contributed by atoms with Gasteiger partial charge in [-0.05, 0) is 61.7 Å². The van der Waals surface area contributed by atoms with Crippen molar-refractivity contribution in [1.29, 1.82) is 0 Å². The van der Waals surface area contributed by atoms with E-state index in [4.69, 9.17) is 4.74 Å². The maximum Gasteiger partial charge on any atom is 0.268 e. The Morgan fingerprint density at radius 2 is 1.65 bits per heavy atom. The molecule has 0 aromatic heterocycles. The van der Waals surface area contributed by atoms with Crippen LogP contribution in [0.1, 0.15) is 46.0 Å². The fourth-order valence-corrected chi connectivity index (χ4v) is 5.30. The molecule has 4 fully saturated rings. The van der Waals surface area contributed by atoms with E-state index in [1.807, 2.05) is 0 Å². The number of ether oxygens (including phenoxy) is 1. The summed E-state index contributed by atoms with van der Waals surface area (Å²) in [7, 11) is 0. The minimum Gasteiger partial charge on any atom is -0.389 e. The fourth-order valence-electron chi connectivity index (χ4n) is 5.30. The molecule has 0 aromatic carbocycles. The first-order chi connectivity index (χ1) is 9.33. The SMILES string of the molecule is CCC1(O)C2CC3CC1CC(C2)C3COCC(C)(F)F. The van der Waals surface area contributed by atoms with E-state index < -0.39 is 18.1 Å². The minimum absolute atomic E-state index is 0.430. The highest BCUT2D eigenvalue weighted by Crippen LogP contribution is 2.61. The summed E-state index contributed by atoms with van der Waals surface area (Å²) in [5, 5.41) is 10.8. The predicted molar refractivity (Wildman–Crippen MR) is 72.6 cm³/mol. The summed E-state index contributed by atoms with van der Waals surface area (Å²) in [6.07, 6.45) is 5.11. The Kier molecular flexibility index (Phi) is 3.61. The van der Waals surface area contributed by atoms with Crippen molar-refractivity contribution in [3.8, 4) is 0 Å². The lowest BCUT2D eigenvalue weighted by atomic mass is 9.46. The lowest BCUT2D eigenvalue weighted by Crippen LogP contribution is -2.60. The number of rotatable bonds is 5. The van der Waals surface area contributed by atoms with Gasteiger partial charge in [-0.3, -0.25) is 0 Å². The van der Waals surface area contributed by atoms with Gasteiger partial charge in [0.05, 0.1) is 12.2 Å². The molecule has 0 unspecified atom stereocenters. The molecule has 4 aliphatic carbocycles. The molecule has 0 saturated heterocycles. The minimum atomic E-state index is -2.73. The Bertz CT molecular complexity index is 334. The average Bonchev–Trinajstić information content (AvgIpc) is 2.34. The highest BCUT2D eigenvalue weighted by atomic mass is 19.3. The number of hydrogen-bond donors (Lipinski definition) is 1. The Labute approximate surface area is 119 Å². The number of aliphatic hydroxyl groups is 1. The van der Waals surface area contributed by atoms with Crippen LogP contribution in [0.2, 0.25) is 0 Å². The summed E-state index contributed by atoms with van der Waals surface area (Å²) in [5.41, 5.74) is -0.449. The molecule has 4 saturated carbocycles. The number of halogens is 2. The van der Waals surface area contributed by atoms with E-state index in [1.54, 1.807) is 0 Å². The Hall–Kier alpha value is -0.220. The third-order valence-corrected chi connectivity index (χ3v) is 6.21. The van der Waals surface area contributed by atoms with Crippen LogP contribution in [-0.4, -0.2) is 29.8 Å². The Morgan fingerprint density at radius 3 is 2.05 bits per heavy atom. The van der Waals surface area contributed by atoms with Crippen molar-refractivity contribution >= 4 is 0 Å². The van der Waals surface area contributed by atoms with Crippen molar-refractivity contribution in [2.75, 3.05) is 13.2 Å². The molecule has 0 radical (unpaired) electrons. The zero-order valence-electron chi connectivity index (χ0n) is 12.4. The van der Waals surface area contributed by atoms with Crippen LogP contribution in [0.3, 0.4) is 0 Å². The highest BCUT2D eigenvalue weighted by molar-refractivity contribution is 5.08. The summed E-state index contributed by atoms with van der Waals surface area (Å²) < 4.78 is 30.9. The van der Waals surface area contributed by atoms with Crippen LogP contribution in [0.4, 0.5) is 8.78 Å². The number of hydrogen-bond acceptors (Lipinski definition) is 2. The second kappa shape index (κ2) is 4.91. The smallest absolute Gasteiger partial charge is 0.268 e. The fraction of sp³-hybridized carbons (Fsp3) is 1.00. The molecule has 0 heterocycles. The van der Waals surface area contributed by atoms with Gasteiger partial charge < -0.3 is 9.84 Å². The van der Waals surface area contributed by atoms with Crippen LogP contribution < -0.4 is 0 Å². The van der Waals surface area contributed by atoms with Gasteiger partial charge in [-0.2, -0.15) is 0 Å². The molecule has 0 aromatic rings. The van der Waals surface area contributed by atoms with Crippen molar-refractivity contribution in [3.63, 3.8) is 0 Å². The van der Waals surface area contributed by atoms with Crippen LogP contribution in [0.5, 0.6) is 0 Å². The van der Waals surface area contributed by atoms with Crippen LogP contribution in [0, 0.1) is 29.6 Å². The largest absolute Gasteiger partial charge is 0.389 e. The zero-order chi connectivity index (χ0) is 14.5. The Balaban J connectivity index is 1.61. The van der Waals surface area contributed by atoms with Crippen LogP contribution in [0.25, 0.3) is 0 Å². The van der Waals surface area contributed by atoms with E-state index in [1.165, 1.54) is 0 Å². The molecular weight excluding hydrogens is 262 g/mol. The molecular formula is C16H26F2O2. The monoisotopic (exact) mass is 288 g/mol. The predicted octanol–water partition coefficient (Wildman–Crippen LogP) is 3.48. The molecule has 0 aliphatic heterocycles. The lowest BCUT2D eigenvalue weighted by molar-refractivity contribution is -0.202. The quantitative estimate of drug-likeness (QED) is 0.839. The third-order valence-electron chi connectivity index (χ3n) is 6.21. The van der Waals surface area contributed by atoms with Gasteiger partial charge >= 0.3 is 0 Å². The average molecular weight is 288 g/mol. The summed E-state index contributed by atoms with van der Waals surface area (Å²) >= 11 is 0. The van der Waals surface area contributed by atoms with Crippen molar-refractivity contribution in [3.05, 3.63) is 0 Å². The zero-order valence-corrected chi connectivity index (χ0v) is 12.4. The topological polar surface area (TPSA) is 29.5 Å². The number of alkyl halides is 2. The molecule has 2 nitrogen and oxygen atoms in total. The molecule has 4 heteroatoms. The highest BCUT2D eigenvalue weighted by Gasteiger charge is 2.58. The molecule has 0 atom stereocenters. The molecule has 116 valence electrons. The van der Waals surface area contributed by atoms with Gasteiger partial charge in [-0.1, -0.05) is 6.92 Å². The van der Waals surface area contributed by atoms with Gasteiger partial charge in [-0.25, -0.2) is 8.78 Å². The molecule has 1 N–H and O–H groups in total. The summed E-state index contributed by atoms with van der Waals surface area (Å²) in [6, 6.07) is 0. The van der Waals surface area contributed by atoms with Gasteiger partial charge in [0.25, 0.3) is 5.92 Å². The lowest BCUT2D eigenvalue weighted by Gasteiger charge is -2.61. The van der Waals surface area contributed by atoms with E-state index in [2.05, 4.69) is 6.92 Å². The van der Waals surface area contributed by atoms with Crippen molar-refractivity contribution in [1.82, 2.24) is 0 Å². The van der Waals surface area contributed by atoms with Crippen molar-refractivity contribution < 1.29 is 18.6 Å². The van der Waals surface area contributed by atoms with E-state index in [0.717, 1.165) is 39.0 Å². The first-order valence-electron chi connectivity index (χ1n) is 8.01. The summed E-state index contributed by atoms with van der Waals surface area (Å²) in [6.45, 7) is 3.01. The van der Waals surface area contributed by atoms with Gasteiger partial charge in [0, 0.05) is 6.92 Å². The second-order valence-electron chi connectivity index (χ2n) is 7.45. The standard InChI is InChI=1S/C16H26F2O2/c1-3-16(19)12-4-10-5-13(16)7-11(6-12)14(10)8-20-9-15(2,17)18/h10-14,19H,3-9H2,1-2H3. The maximum absolute atomic E-state index is 12.8. The van der Waals surface area contributed by atoms with Crippen molar-refractivity contribution in [2.45, 2.75) is 57.5 Å². The third kappa shape index (κ3) is 2.39. The van der Waals surface area contributed by atoms with Gasteiger partial charge in [0.15, 0.2) is 0 Å². The molecule has 0 amide bonds. The first-order valence-corrected chi connectivity index (χ1v) is 8.01. The Morgan fingerprint density at radius 1 is 1.15 bits per heavy atom. The summed E-state index contributed by atoms with van der Waals surface area (Å²) in [4.78, 5) is 0. The second-order valence-corrected chi connectivity index (χ2v) is 7.45. The van der Waals surface area contributed by atoms with E-state index in [9.17, 15) is 13.9 Å². The molecule has 4 bridgehead atoms.